The molecule has 0 fully saturated rings. The van der Waals surface area contributed by atoms with Crippen molar-refractivity contribution in [2.45, 2.75) is 51.1 Å². The van der Waals surface area contributed by atoms with Crippen LogP contribution in [0.25, 0.3) is 11.1 Å². The van der Waals surface area contributed by atoms with Gasteiger partial charge in [0.05, 0.1) is 6.42 Å². The lowest BCUT2D eigenvalue weighted by atomic mass is 9.98. The van der Waals surface area contributed by atoms with Crippen LogP contribution >= 0.6 is 0 Å². The molecule has 1 aliphatic carbocycles. The maximum atomic E-state index is 12.5. The van der Waals surface area contributed by atoms with Crippen molar-refractivity contribution in [1.82, 2.24) is 16.0 Å². The van der Waals surface area contributed by atoms with Gasteiger partial charge in [-0.25, -0.2) is 4.79 Å². The Balaban J connectivity index is 1.56. The van der Waals surface area contributed by atoms with E-state index in [-0.39, 0.29) is 31.4 Å². The highest BCUT2D eigenvalue weighted by Gasteiger charge is 2.30. The maximum Gasteiger partial charge on any atom is 0.407 e. The third-order valence-electron chi connectivity index (χ3n) is 5.50. The molecule has 35 heavy (non-hydrogen) atoms. The summed E-state index contributed by atoms with van der Waals surface area (Å²) in [6.07, 6.45) is -1.49. The van der Waals surface area contributed by atoms with Crippen molar-refractivity contribution in [3.05, 3.63) is 59.7 Å². The van der Waals surface area contributed by atoms with Gasteiger partial charge < -0.3 is 25.8 Å². The number of alkyl carbamates (subject to hydrolysis) is 1. The van der Waals surface area contributed by atoms with Crippen LogP contribution in [0.4, 0.5) is 4.79 Å². The number of hydrogen-bond acceptors (Lipinski definition) is 5. The van der Waals surface area contributed by atoms with Crippen molar-refractivity contribution in [2.24, 2.45) is 0 Å². The highest BCUT2D eigenvalue weighted by Crippen LogP contribution is 2.44. The Kier molecular flexibility index (Phi) is 8.11. The Morgan fingerprint density at radius 3 is 2.09 bits per heavy atom. The van der Waals surface area contributed by atoms with Crippen LogP contribution in [0, 0.1) is 0 Å². The predicted octanol–water partition coefficient (Wildman–Crippen LogP) is 2.79. The van der Waals surface area contributed by atoms with Crippen molar-refractivity contribution in [2.75, 3.05) is 13.2 Å². The number of carboxylic acid groups (broad SMARTS) is 1. The minimum atomic E-state index is -1.34. The van der Waals surface area contributed by atoms with Crippen molar-refractivity contribution in [3.63, 3.8) is 0 Å². The van der Waals surface area contributed by atoms with Crippen molar-refractivity contribution >= 4 is 23.9 Å². The summed E-state index contributed by atoms with van der Waals surface area (Å²) in [5.74, 6) is -2.38. The van der Waals surface area contributed by atoms with Crippen LogP contribution in [0.5, 0.6) is 0 Å². The number of carbonyl (C=O) groups is 4. The van der Waals surface area contributed by atoms with Crippen molar-refractivity contribution in [1.29, 1.82) is 0 Å². The molecule has 1 atom stereocenters. The Labute approximate surface area is 204 Å². The molecule has 0 saturated carbocycles. The molecule has 0 heterocycles. The van der Waals surface area contributed by atoms with Crippen LogP contribution in [0.15, 0.2) is 48.5 Å². The van der Waals surface area contributed by atoms with Crippen molar-refractivity contribution < 1.29 is 29.0 Å². The molecule has 1 aliphatic rings. The quantitative estimate of drug-likeness (QED) is 0.435. The van der Waals surface area contributed by atoms with Crippen LogP contribution in [-0.2, 0) is 19.1 Å². The van der Waals surface area contributed by atoms with E-state index in [1.54, 1.807) is 0 Å². The minimum Gasteiger partial charge on any atom is -0.481 e. The third-order valence-corrected chi connectivity index (χ3v) is 5.50. The number of carboxylic acids is 1. The lowest BCUT2D eigenvalue weighted by Gasteiger charge is -2.21. The summed E-state index contributed by atoms with van der Waals surface area (Å²) >= 11 is 0. The normalized spacial score (nSPS) is 13.2. The molecular weight excluding hydrogens is 450 g/mol. The molecular formula is C26H31N3O6. The van der Waals surface area contributed by atoms with E-state index in [0.717, 1.165) is 22.3 Å². The van der Waals surface area contributed by atoms with E-state index in [9.17, 15) is 24.3 Å². The molecule has 0 spiro atoms. The molecule has 186 valence electrons. The van der Waals surface area contributed by atoms with Gasteiger partial charge in [-0.15, -0.1) is 0 Å². The van der Waals surface area contributed by atoms with E-state index < -0.39 is 36.0 Å². The number of benzene rings is 2. The highest BCUT2D eigenvalue weighted by atomic mass is 16.5. The average molecular weight is 482 g/mol. The number of aliphatic carboxylic acids is 1. The van der Waals surface area contributed by atoms with E-state index in [1.807, 2.05) is 69.3 Å². The Morgan fingerprint density at radius 1 is 0.971 bits per heavy atom. The Hall–Kier alpha value is -3.88. The Morgan fingerprint density at radius 2 is 1.54 bits per heavy atom. The fourth-order valence-corrected chi connectivity index (χ4v) is 4.07. The summed E-state index contributed by atoms with van der Waals surface area (Å²) in [7, 11) is 0. The first-order valence-corrected chi connectivity index (χ1v) is 11.5. The lowest BCUT2D eigenvalue weighted by molar-refractivity contribution is -0.140. The summed E-state index contributed by atoms with van der Waals surface area (Å²) < 4.78 is 5.41. The van der Waals surface area contributed by atoms with Crippen LogP contribution < -0.4 is 16.0 Å². The zero-order chi connectivity index (χ0) is 25.6. The van der Waals surface area contributed by atoms with Gasteiger partial charge in [-0.2, -0.15) is 0 Å². The fraction of sp³-hybridized carbons (Fsp3) is 0.385. The number of ether oxygens (including phenoxy) is 1. The van der Waals surface area contributed by atoms with Gasteiger partial charge >= 0.3 is 12.1 Å². The van der Waals surface area contributed by atoms with Gasteiger partial charge in [0, 0.05) is 24.4 Å². The van der Waals surface area contributed by atoms with E-state index in [1.165, 1.54) is 0 Å². The van der Waals surface area contributed by atoms with Gasteiger partial charge in [-0.3, -0.25) is 14.4 Å². The minimum absolute atomic E-state index is 0.00321. The molecule has 0 bridgehead atoms. The Bertz CT molecular complexity index is 1060. The largest absolute Gasteiger partial charge is 0.481 e. The van der Waals surface area contributed by atoms with Crippen LogP contribution in [0.2, 0.25) is 0 Å². The molecule has 4 N–H and O–H groups in total. The number of rotatable bonds is 9. The number of fused-ring (bicyclic) bond motifs is 3. The molecule has 0 radical (unpaired) electrons. The summed E-state index contributed by atoms with van der Waals surface area (Å²) in [5.41, 5.74) is 3.83. The second-order valence-electron chi connectivity index (χ2n) is 9.46. The third kappa shape index (κ3) is 7.05. The monoisotopic (exact) mass is 481 g/mol. The van der Waals surface area contributed by atoms with Gasteiger partial charge in [0.15, 0.2) is 0 Å². The molecule has 0 aromatic heterocycles. The average Bonchev–Trinajstić information content (AvgIpc) is 3.09. The molecule has 3 rings (SSSR count). The van der Waals surface area contributed by atoms with E-state index >= 15 is 0 Å². The predicted molar refractivity (Wildman–Crippen MR) is 130 cm³/mol. The lowest BCUT2D eigenvalue weighted by Crippen LogP contribution is -2.49. The smallest absolute Gasteiger partial charge is 0.407 e. The zero-order valence-electron chi connectivity index (χ0n) is 20.1. The van der Waals surface area contributed by atoms with Gasteiger partial charge in [-0.1, -0.05) is 48.5 Å². The molecule has 1 unspecified atom stereocenters. The highest BCUT2D eigenvalue weighted by molar-refractivity contribution is 5.89. The van der Waals surface area contributed by atoms with Crippen molar-refractivity contribution in [3.8, 4) is 11.1 Å². The van der Waals surface area contributed by atoms with E-state index in [2.05, 4.69) is 16.0 Å². The van der Waals surface area contributed by atoms with Crippen LogP contribution in [0.1, 0.15) is 50.7 Å². The molecule has 0 saturated heterocycles. The number of amides is 3. The molecule has 9 heteroatoms. The van der Waals surface area contributed by atoms with Crippen LogP contribution in [0.3, 0.4) is 0 Å². The SMILES string of the molecule is CC(C)(C)NC(=O)CCNC(=O)C(CC(=O)O)NC(=O)OCC1c2ccccc2-c2ccccc21. The zero-order valence-corrected chi connectivity index (χ0v) is 20.1. The van der Waals surface area contributed by atoms with Crippen LogP contribution in [-0.4, -0.2) is 53.7 Å². The second-order valence-corrected chi connectivity index (χ2v) is 9.46. The van der Waals surface area contributed by atoms with E-state index in [4.69, 9.17) is 4.74 Å². The van der Waals surface area contributed by atoms with Gasteiger partial charge in [-0.05, 0) is 43.0 Å². The molecule has 2 aromatic carbocycles. The first-order valence-electron chi connectivity index (χ1n) is 11.5. The number of hydrogen-bond donors (Lipinski definition) is 4. The first kappa shape index (κ1) is 25.7. The molecule has 2 aromatic rings. The summed E-state index contributed by atoms with van der Waals surface area (Å²) in [4.78, 5) is 48.1. The topological polar surface area (TPSA) is 134 Å². The maximum absolute atomic E-state index is 12.5. The molecule has 3 amide bonds. The van der Waals surface area contributed by atoms with E-state index in [0.29, 0.717) is 0 Å². The molecule has 9 nitrogen and oxygen atoms in total. The number of nitrogens with one attached hydrogen (secondary N) is 3. The van der Waals surface area contributed by atoms with Gasteiger partial charge in [0.1, 0.15) is 12.6 Å². The number of carbonyl (C=O) groups excluding carboxylic acids is 3. The van der Waals surface area contributed by atoms with Gasteiger partial charge in [0.2, 0.25) is 11.8 Å². The summed E-state index contributed by atoms with van der Waals surface area (Å²) in [6.45, 7) is 5.55. The first-order chi connectivity index (χ1) is 16.5. The standard InChI is InChI=1S/C26H31N3O6/c1-26(2,3)29-22(30)12-13-27-24(33)21(14-23(31)32)28-25(34)35-15-20-18-10-6-4-8-16(18)17-9-5-7-11-19(17)20/h4-11,20-21H,12-15H2,1-3H3,(H,27,33)(H,28,34)(H,29,30)(H,31,32). The van der Waals surface area contributed by atoms with Gasteiger partial charge in [0.25, 0.3) is 0 Å². The molecule has 0 aliphatic heterocycles. The second kappa shape index (κ2) is 11.0. The fourth-order valence-electron chi connectivity index (χ4n) is 4.07. The summed E-state index contributed by atoms with van der Waals surface area (Å²) in [5, 5.41) is 16.8. The summed E-state index contributed by atoms with van der Waals surface area (Å²) in [6, 6.07) is 14.4.